The van der Waals surface area contributed by atoms with Gasteiger partial charge in [0.2, 0.25) is 0 Å². The van der Waals surface area contributed by atoms with Crippen LogP contribution in [0.1, 0.15) is 10.5 Å². The first-order valence-corrected chi connectivity index (χ1v) is 7.58. The molecule has 0 spiro atoms. The molecule has 2 aromatic heterocycles. The molecule has 10 heteroatoms. The lowest BCUT2D eigenvalue weighted by Crippen LogP contribution is -2.20. The molecule has 0 atom stereocenters. The molecule has 0 saturated heterocycles. The topological polar surface area (TPSA) is 106 Å². The molecule has 2 N–H and O–H groups in total. The molecule has 8 nitrogen and oxygen atoms in total. The van der Waals surface area contributed by atoms with E-state index >= 15 is 0 Å². The fourth-order valence-corrected chi connectivity index (χ4v) is 2.83. The summed E-state index contributed by atoms with van der Waals surface area (Å²) in [6.07, 6.45) is 3.84. The second-order valence-corrected chi connectivity index (χ2v) is 6.15. The Hall–Kier alpha value is -2.13. The Morgan fingerprint density at radius 1 is 1.38 bits per heavy atom. The van der Waals surface area contributed by atoms with E-state index in [1.165, 1.54) is 36.3 Å². The third-order valence-electron chi connectivity index (χ3n) is 2.59. The lowest BCUT2D eigenvalue weighted by atomic mass is 10.4. The third-order valence-corrected chi connectivity index (χ3v) is 4.10. The molecule has 1 amide bonds. The van der Waals surface area contributed by atoms with Crippen LogP contribution in [0.5, 0.6) is 0 Å². The van der Waals surface area contributed by atoms with Gasteiger partial charge in [0.1, 0.15) is 15.7 Å². The highest BCUT2D eigenvalue weighted by Crippen LogP contribution is 2.17. The zero-order valence-corrected chi connectivity index (χ0v) is 12.7. The van der Waals surface area contributed by atoms with Crippen molar-refractivity contribution in [2.75, 3.05) is 11.8 Å². The van der Waals surface area contributed by atoms with E-state index in [2.05, 4.69) is 20.0 Å². The van der Waals surface area contributed by atoms with Crippen molar-refractivity contribution in [2.24, 2.45) is 7.05 Å². The standard InChI is InChI=1S/C11H12ClN5O3S/c1-13-11(18)8-3-7(6-17(8)2)21(19,20)16-10-5-14-4-9(12)15-10/h3-6H,1-2H3,(H,13,18)(H,15,16). The van der Waals surface area contributed by atoms with Crippen LogP contribution in [0.15, 0.2) is 29.6 Å². The van der Waals surface area contributed by atoms with Crippen molar-refractivity contribution in [3.63, 3.8) is 0 Å². The minimum absolute atomic E-state index is 0.00662. The average Bonchev–Trinajstić information content (AvgIpc) is 2.80. The maximum atomic E-state index is 12.2. The number of hydrogen-bond acceptors (Lipinski definition) is 5. The summed E-state index contributed by atoms with van der Waals surface area (Å²) in [5.41, 5.74) is 0.218. The summed E-state index contributed by atoms with van der Waals surface area (Å²) in [6.45, 7) is 0. The van der Waals surface area contributed by atoms with Gasteiger partial charge in [0.05, 0.1) is 12.4 Å². The Morgan fingerprint density at radius 3 is 2.71 bits per heavy atom. The number of aromatic nitrogens is 3. The Morgan fingerprint density at radius 2 is 2.10 bits per heavy atom. The van der Waals surface area contributed by atoms with Gasteiger partial charge < -0.3 is 9.88 Å². The largest absolute Gasteiger partial charge is 0.354 e. The van der Waals surface area contributed by atoms with Gasteiger partial charge in [-0.3, -0.25) is 14.5 Å². The first kappa shape index (κ1) is 15.3. The molecule has 21 heavy (non-hydrogen) atoms. The lowest BCUT2D eigenvalue weighted by molar-refractivity contribution is 0.0955. The van der Waals surface area contributed by atoms with E-state index in [1.54, 1.807) is 7.05 Å². The van der Waals surface area contributed by atoms with Gasteiger partial charge in [0, 0.05) is 20.3 Å². The molecule has 0 fully saturated rings. The van der Waals surface area contributed by atoms with Gasteiger partial charge in [0.15, 0.2) is 5.82 Å². The zero-order chi connectivity index (χ0) is 15.6. The monoisotopic (exact) mass is 329 g/mol. The van der Waals surface area contributed by atoms with Crippen molar-refractivity contribution >= 4 is 33.3 Å². The minimum Gasteiger partial charge on any atom is -0.354 e. The van der Waals surface area contributed by atoms with Crippen molar-refractivity contribution < 1.29 is 13.2 Å². The van der Waals surface area contributed by atoms with Crippen LogP contribution >= 0.6 is 11.6 Å². The molecule has 0 unspecified atom stereocenters. The summed E-state index contributed by atoms with van der Waals surface area (Å²) in [5, 5.41) is 2.49. The van der Waals surface area contributed by atoms with E-state index in [-0.39, 0.29) is 27.5 Å². The van der Waals surface area contributed by atoms with Crippen molar-refractivity contribution in [3.05, 3.63) is 35.5 Å². The Kier molecular flexibility index (Phi) is 4.14. The summed E-state index contributed by atoms with van der Waals surface area (Å²) in [5.74, 6) is -0.394. The first-order chi connectivity index (χ1) is 9.83. The molecule has 0 bridgehead atoms. The van der Waals surface area contributed by atoms with E-state index in [0.717, 1.165) is 0 Å². The van der Waals surface area contributed by atoms with Crippen LogP contribution in [0.4, 0.5) is 5.82 Å². The van der Waals surface area contributed by atoms with Crippen LogP contribution in [0, 0.1) is 0 Å². The highest BCUT2D eigenvalue weighted by Gasteiger charge is 2.20. The third kappa shape index (κ3) is 3.31. The van der Waals surface area contributed by atoms with Gasteiger partial charge in [-0.05, 0) is 6.07 Å². The van der Waals surface area contributed by atoms with E-state index in [4.69, 9.17) is 11.6 Å². The fraction of sp³-hybridized carbons (Fsp3) is 0.182. The van der Waals surface area contributed by atoms with Gasteiger partial charge in [0.25, 0.3) is 15.9 Å². The van der Waals surface area contributed by atoms with Crippen molar-refractivity contribution in [2.45, 2.75) is 4.90 Å². The average molecular weight is 330 g/mol. The molecular formula is C11H12ClN5O3S. The molecule has 112 valence electrons. The predicted octanol–water partition coefficient (Wildman–Crippen LogP) is 0.629. The van der Waals surface area contributed by atoms with Gasteiger partial charge in [-0.1, -0.05) is 11.6 Å². The normalized spacial score (nSPS) is 11.2. The smallest absolute Gasteiger partial charge is 0.267 e. The molecule has 2 rings (SSSR count). The van der Waals surface area contributed by atoms with Crippen molar-refractivity contribution in [1.82, 2.24) is 19.9 Å². The molecule has 0 aliphatic carbocycles. The molecular weight excluding hydrogens is 318 g/mol. The Labute approximate surface area is 126 Å². The number of halogens is 1. The first-order valence-electron chi connectivity index (χ1n) is 5.72. The summed E-state index contributed by atoms with van der Waals surface area (Å²) >= 11 is 5.64. The van der Waals surface area contributed by atoms with E-state index in [1.807, 2.05) is 0 Å². The molecule has 2 aromatic rings. The number of hydrogen-bond donors (Lipinski definition) is 2. The molecule has 0 aromatic carbocycles. The second-order valence-electron chi connectivity index (χ2n) is 4.08. The number of aryl methyl sites for hydroxylation is 1. The number of nitrogens with zero attached hydrogens (tertiary/aromatic N) is 3. The van der Waals surface area contributed by atoms with E-state index < -0.39 is 10.0 Å². The van der Waals surface area contributed by atoms with Gasteiger partial charge in [-0.2, -0.15) is 0 Å². The van der Waals surface area contributed by atoms with Crippen LogP contribution < -0.4 is 10.0 Å². The van der Waals surface area contributed by atoms with Crippen molar-refractivity contribution in [3.8, 4) is 0 Å². The van der Waals surface area contributed by atoms with Gasteiger partial charge in [-0.25, -0.2) is 13.4 Å². The number of amides is 1. The minimum atomic E-state index is -3.89. The lowest BCUT2D eigenvalue weighted by Gasteiger charge is -2.04. The number of nitrogens with one attached hydrogen (secondary N) is 2. The number of carbonyl (C=O) groups is 1. The number of rotatable bonds is 4. The maximum Gasteiger partial charge on any atom is 0.267 e. The van der Waals surface area contributed by atoms with Crippen LogP contribution in [0.3, 0.4) is 0 Å². The Balaban J connectivity index is 2.34. The molecule has 0 radical (unpaired) electrons. The quantitative estimate of drug-likeness (QED) is 0.855. The van der Waals surface area contributed by atoms with Crippen LogP contribution in [-0.2, 0) is 17.1 Å². The number of carbonyl (C=O) groups excluding carboxylic acids is 1. The molecule has 0 aliphatic heterocycles. The number of anilines is 1. The second kappa shape index (κ2) is 5.70. The summed E-state index contributed by atoms with van der Waals surface area (Å²) < 4.78 is 28.1. The van der Waals surface area contributed by atoms with E-state index in [9.17, 15) is 13.2 Å². The molecule has 0 aliphatic rings. The van der Waals surface area contributed by atoms with Crippen LogP contribution in [0.25, 0.3) is 0 Å². The SMILES string of the molecule is CNC(=O)c1cc(S(=O)(=O)Nc2cncc(Cl)n2)cn1C. The van der Waals surface area contributed by atoms with Crippen molar-refractivity contribution in [1.29, 1.82) is 0 Å². The summed E-state index contributed by atoms with van der Waals surface area (Å²) in [6, 6.07) is 1.26. The van der Waals surface area contributed by atoms with Crippen LogP contribution in [0.2, 0.25) is 5.15 Å². The summed E-state index contributed by atoms with van der Waals surface area (Å²) in [4.78, 5) is 19.1. The van der Waals surface area contributed by atoms with E-state index in [0.29, 0.717) is 0 Å². The molecule has 2 heterocycles. The maximum absolute atomic E-state index is 12.2. The number of sulfonamides is 1. The molecule has 0 saturated carbocycles. The highest BCUT2D eigenvalue weighted by atomic mass is 35.5. The zero-order valence-electron chi connectivity index (χ0n) is 11.2. The Bertz CT molecular complexity index is 787. The van der Waals surface area contributed by atoms with Gasteiger partial charge in [-0.15, -0.1) is 0 Å². The van der Waals surface area contributed by atoms with Crippen LogP contribution in [-0.4, -0.2) is 35.9 Å². The highest BCUT2D eigenvalue weighted by molar-refractivity contribution is 7.92. The summed E-state index contributed by atoms with van der Waals surface area (Å²) in [7, 11) is -0.852. The van der Waals surface area contributed by atoms with Gasteiger partial charge >= 0.3 is 0 Å². The fourth-order valence-electron chi connectivity index (χ4n) is 1.62. The predicted molar refractivity (Wildman–Crippen MR) is 76.7 cm³/mol.